The topological polar surface area (TPSA) is 33.1 Å². The number of hydrogen-bond donors (Lipinski definition) is 1. The summed E-state index contributed by atoms with van der Waals surface area (Å²) in [6.07, 6.45) is 12.3. The fourth-order valence-corrected chi connectivity index (χ4v) is 5.68. The summed E-state index contributed by atoms with van der Waals surface area (Å²) in [6, 6.07) is 5.53. The Morgan fingerprint density at radius 2 is 1.69 bits per heavy atom. The summed E-state index contributed by atoms with van der Waals surface area (Å²) in [7, 11) is 0. The summed E-state index contributed by atoms with van der Waals surface area (Å²) in [5, 5.41) is 3.37. The molecule has 3 fully saturated rings. The van der Waals surface area contributed by atoms with Gasteiger partial charge in [0.25, 0.3) is 0 Å². The predicted octanol–water partition coefficient (Wildman–Crippen LogP) is 4.86. The highest BCUT2D eigenvalue weighted by Gasteiger charge is 2.31. The van der Waals surface area contributed by atoms with Gasteiger partial charge in [-0.25, -0.2) is 9.37 Å². The quantitative estimate of drug-likeness (QED) is 0.798. The number of aromatic nitrogens is 2. The monoisotopic (exact) mass is 398 g/mol. The van der Waals surface area contributed by atoms with Crippen molar-refractivity contribution in [3.63, 3.8) is 0 Å². The van der Waals surface area contributed by atoms with E-state index in [1.807, 2.05) is 6.07 Å². The number of benzene rings is 1. The molecule has 5 rings (SSSR count). The summed E-state index contributed by atoms with van der Waals surface area (Å²) >= 11 is 0. The Hall–Kier alpha value is -1.46. The minimum Gasteiger partial charge on any atom is -0.324 e. The maximum absolute atomic E-state index is 14.0. The summed E-state index contributed by atoms with van der Waals surface area (Å²) in [5.74, 6) is 2.38. The van der Waals surface area contributed by atoms with Crippen molar-refractivity contribution in [3.05, 3.63) is 29.8 Å². The second-order valence-electron chi connectivity index (χ2n) is 9.57. The van der Waals surface area contributed by atoms with Crippen LogP contribution in [-0.2, 0) is 0 Å². The van der Waals surface area contributed by atoms with Crippen LogP contribution < -0.4 is 5.32 Å². The van der Waals surface area contributed by atoms with Crippen LogP contribution in [0.2, 0.25) is 0 Å². The molecule has 1 N–H and O–H groups in total. The van der Waals surface area contributed by atoms with Gasteiger partial charge in [0.2, 0.25) is 0 Å². The number of hydrogen-bond acceptors (Lipinski definition) is 3. The van der Waals surface area contributed by atoms with Crippen molar-refractivity contribution >= 4 is 11.0 Å². The average Bonchev–Trinajstić information content (AvgIpc) is 3.01. The Morgan fingerprint density at radius 3 is 2.38 bits per heavy atom. The highest BCUT2D eigenvalue weighted by molar-refractivity contribution is 5.76. The van der Waals surface area contributed by atoms with E-state index in [-0.39, 0.29) is 5.82 Å². The molecule has 0 radical (unpaired) electrons. The fourth-order valence-electron chi connectivity index (χ4n) is 5.68. The van der Waals surface area contributed by atoms with Gasteiger partial charge in [-0.15, -0.1) is 0 Å². The van der Waals surface area contributed by atoms with Crippen molar-refractivity contribution in [2.75, 3.05) is 32.7 Å². The van der Waals surface area contributed by atoms with Gasteiger partial charge in [0.1, 0.15) is 11.6 Å². The van der Waals surface area contributed by atoms with E-state index < -0.39 is 0 Å². The molecule has 4 nitrogen and oxygen atoms in total. The Kier molecular flexibility index (Phi) is 5.87. The zero-order valence-corrected chi connectivity index (χ0v) is 17.6. The Bertz CT molecular complexity index is 812. The van der Waals surface area contributed by atoms with E-state index in [4.69, 9.17) is 4.98 Å². The highest BCUT2D eigenvalue weighted by Crippen LogP contribution is 2.34. The van der Waals surface area contributed by atoms with E-state index in [1.54, 1.807) is 12.1 Å². The largest absolute Gasteiger partial charge is 0.324 e. The van der Waals surface area contributed by atoms with Gasteiger partial charge >= 0.3 is 0 Å². The van der Waals surface area contributed by atoms with E-state index in [0.717, 1.165) is 42.9 Å². The first-order chi connectivity index (χ1) is 14.3. The highest BCUT2D eigenvalue weighted by atomic mass is 19.1. The molecule has 1 aliphatic carbocycles. The van der Waals surface area contributed by atoms with Crippen LogP contribution in [0.15, 0.2) is 18.2 Å². The summed E-state index contributed by atoms with van der Waals surface area (Å²) < 4.78 is 16.4. The van der Waals surface area contributed by atoms with Gasteiger partial charge in [-0.3, -0.25) is 0 Å². The van der Waals surface area contributed by atoms with Gasteiger partial charge in [0, 0.05) is 44.7 Å². The van der Waals surface area contributed by atoms with Crippen molar-refractivity contribution in [2.45, 2.75) is 69.7 Å². The third kappa shape index (κ3) is 4.22. The van der Waals surface area contributed by atoms with E-state index >= 15 is 0 Å². The molecule has 1 aromatic heterocycles. The Labute approximate surface area is 173 Å². The van der Waals surface area contributed by atoms with Gasteiger partial charge in [0.15, 0.2) is 0 Å². The first kappa shape index (κ1) is 19.5. The Morgan fingerprint density at radius 1 is 0.966 bits per heavy atom. The molecule has 1 aromatic carbocycles. The zero-order chi connectivity index (χ0) is 19.6. The normalized spacial score (nSPS) is 23.8. The van der Waals surface area contributed by atoms with Gasteiger partial charge in [0.05, 0.1) is 11.0 Å². The van der Waals surface area contributed by atoms with E-state index in [0.29, 0.717) is 12.0 Å². The minimum absolute atomic E-state index is 0.154. The summed E-state index contributed by atoms with van der Waals surface area (Å²) in [5.41, 5.74) is 1.94. The van der Waals surface area contributed by atoms with Crippen LogP contribution >= 0.6 is 0 Å². The van der Waals surface area contributed by atoms with Crippen LogP contribution in [-0.4, -0.2) is 47.2 Å². The van der Waals surface area contributed by atoms with Crippen molar-refractivity contribution in [1.82, 2.24) is 19.8 Å². The number of piperidine rings is 1. The molecule has 0 spiro atoms. The average molecular weight is 399 g/mol. The molecule has 2 aliphatic heterocycles. The van der Waals surface area contributed by atoms with E-state index in [9.17, 15) is 4.39 Å². The number of halogens is 1. The minimum atomic E-state index is -0.154. The molecule has 158 valence electrons. The third-order valence-corrected chi connectivity index (χ3v) is 7.49. The predicted molar refractivity (Wildman–Crippen MR) is 116 cm³/mol. The first-order valence-corrected chi connectivity index (χ1v) is 11.9. The van der Waals surface area contributed by atoms with E-state index in [2.05, 4.69) is 14.8 Å². The van der Waals surface area contributed by atoms with Crippen LogP contribution in [0.25, 0.3) is 11.0 Å². The lowest BCUT2D eigenvalue weighted by atomic mass is 9.90. The van der Waals surface area contributed by atoms with Gasteiger partial charge < -0.3 is 14.8 Å². The molecule has 29 heavy (non-hydrogen) atoms. The lowest BCUT2D eigenvalue weighted by molar-refractivity contribution is 0.151. The standard InChI is InChI=1S/C24H35FN4/c25-20-8-9-22-23(14-20)29(24(27-22)19-15-26-16-19)21-10-12-28(13-11-21)17-18-6-4-2-1-3-5-7-18/h8-9,14,18-19,21,26H,1-7,10-13,15-17H2. The second-order valence-corrected chi connectivity index (χ2v) is 9.57. The first-order valence-electron chi connectivity index (χ1n) is 11.9. The van der Waals surface area contributed by atoms with Crippen LogP contribution in [0.4, 0.5) is 4.39 Å². The second kappa shape index (κ2) is 8.73. The van der Waals surface area contributed by atoms with Crippen LogP contribution in [0.1, 0.15) is 75.6 Å². The lowest BCUT2D eigenvalue weighted by Gasteiger charge is -2.37. The summed E-state index contributed by atoms with van der Waals surface area (Å²) in [4.78, 5) is 7.63. The number of imidazole rings is 1. The molecule has 3 heterocycles. The van der Waals surface area contributed by atoms with Crippen LogP contribution in [0.3, 0.4) is 0 Å². The smallest absolute Gasteiger partial charge is 0.125 e. The van der Waals surface area contributed by atoms with Gasteiger partial charge in [-0.1, -0.05) is 32.1 Å². The molecule has 0 amide bonds. The van der Waals surface area contributed by atoms with Crippen LogP contribution in [0, 0.1) is 11.7 Å². The molecule has 0 bridgehead atoms. The maximum atomic E-state index is 14.0. The maximum Gasteiger partial charge on any atom is 0.125 e. The number of fused-ring (bicyclic) bond motifs is 1. The number of likely N-dealkylation sites (tertiary alicyclic amines) is 1. The lowest BCUT2D eigenvalue weighted by Crippen LogP contribution is -2.43. The van der Waals surface area contributed by atoms with Gasteiger partial charge in [-0.2, -0.15) is 0 Å². The SMILES string of the molecule is Fc1ccc2nc(C3CNC3)n(C3CCN(CC4CCCCCCC4)CC3)c2c1. The number of nitrogens with one attached hydrogen (secondary N) is 1. The summed E-state index contributed by atoms with van der Waals surface area (Å²) in [6.45, 7) is 5.60. The molecule has 5 heteroatoms. The fraction of sp³-hybridized carbons (Fsp3) is 0.708. The molecule has 2 aromatic rings. The third-order valence-electron chi connectivity index (χ3n) is 7.49. The molecular formula is C24H35FN4. The number of nitrogens with zero attached hydrogens (tertiary/aromatic N) is 3. The van der Waals surface area contributed by atoms with Crippen molar-refractivity contribution in [3.8, 4) is 0 Å². The van der Waals surface area contributed by atoms with Crippen LogP contribution in [0.5, 0.6) is 0 Å². The molecule has 0 unspecified atom stereocenters. The van der Waals surface area contributed by atoms with Crippen molar-refractivity contribution in [2.24, 2.45) is 5.92 Å². The number of rotatable bonds is 4. The molecular weight excluding hydrogens is 363 g/mol. The van der Waals surface area contributed by atoms with Crippen molar-refractivity contribution < 1.29 is 4.39 Å². The molecule has 1 saturated carbocycles. The van der Waals surface area contributed by atoms with Crippen molar-refractivity contribution in [1.29, 1.82) is 0 Å². The molecule has 0 atom stereocenters. The molecule has 3 aliphatic rings. The Balaban J connectivity index is 1.29. The van der Waals surface area contributed by atoms with E-state index in [1.165, 1.54) is 70.4 Å². The zero-order valence-electron chi connectivity index (χ0n) is 17.6. The van der Waals surface area contributed by atoms with Gasteiger partial charge in [-0.05, 0) is 49.8 Å². The molecule has 2 saturated heterocycles.